The van der Waals surface area contributed by atoms with Crippen molar-refractivity contribution in [2.45, 2.75) is 60.4 Å². The Hall–Kier alpha value is -2.82. The van der Waals surface area contributed by atoms with Gasteiger partial charge >= 0.3 is 5.97 Å². The van der Waals surface area contributed by atoms with E-state index in [4.69, 9.17) is 9.72 Å². The molecule has 0 amide bonds. The first-order chi connectivity index (χ1) is 14.5. The molecule has 3 rings (SSSR count). The van der Waals surface area contributed by atoms with E-state index in [9.17, 15) is 4.79 Å². The zero-order valence-corrected chi connectivity index (χ0v) is 19.2. The number of imidazole rings is 1. The van der Waals surface area contributed by atoms with E-state index in [0.29, 0.717) is 18.8 Å². The number of anilines is 1. The van der Waals surface area contributed by atoms with Crippen molar-refractivity contribution in [2.75, 3.05) is 18.1 Å². The molecule has 0 saturated carbocycles. The van der Waals surface area contributed by atoms with Gasteiger partial charge in [-0.15, -0.1) is 0 Å². The fourth-order valence-corrected chi connectivity index (χ4v) is 3.59. The van der Waals surface area contributed by atoms with Crippen molar-refractivity contribution in [3.05, 3.63) is 59.7 Å². The number of rotatable bonds is 6. The van der Waals surface area contributed by atoms with E-state index in [1.54, 1.807) is 0 Å². The van der Waals surface area contributed by atoms with Gasteiger partial charge in [-0.3, -0.25) is 0 Å². The maximum absolute atomic E-state index is 12.6. The first-order valence-corrected chi connectivity index (χ1v) is 11.0. The summed E-state index contributed by atoms with van der Waals surface area (Å²) in [6.45, 7) is 17.7. The second-order valence-corrected chi connectivity index (χ2v) is 7.23. The van der Waals surface area contributed by atoms with Gasteiger partial charge in [0, 0.05) is 17.3 Å². The maximum atomic E-state index is 12.6. The molecule has 2 heterocycles. The molecule has 1 aromatic heterocycles. The molecule has 30 heavy (non-hydrogen) atoms. The highest BCUT2D eigenvalue weighted by molar-refractivity contribution is 5.89. The monoisotopic (exact) mass is 409 g/mol. The van der Waals surface area contributed by atoms with E-state index >= 15 is 0 Å². The molecule has 5 heteroatoms. The second-order valence-electron chi connectivity index (χ2n) is 7.23. The molecule has 0 N–H and O–H groups in total. The predicted octanol–water partition coefficient (Wildman–Crippen LogP) is 6.12. The Kier molecular flexibility index (Phi) is 8.46. The molecule has 1 aliphatic heterocycles. The minimum Gasteiger partial charge on any atom is -0.461 e. The van der Waals surface area contributed by atoms with Gasteiger partial charge in [-0.05, 0) is 31.0 Å². The van der Waals surface area contributed by atoms with Gasteiger partial charge in [-0.1, -0.05) is 65.5 Å². The van der Waals surface area contributed by atoms with Crippen LogP contribution in [-0.4, -0.2) is 28.7 Å². The number of carbonyl (C=O) groups excluding carboxylic acids is 1. The summed E-state index contributed by atoms with van der Waals surface area (Å²) in [5.41, 5.74) is 4.69. The summed E-state index contributed by atoms with van der Waals surface area (Å²) in [4.78, 5) is 19.6. The van der Waals surface area contributed by atoms with Crippen LogP contribution in [0, 0.1) is 0 Å². The summed E-state index contributed by atoms with van der Waals surface area (Å²) in [5, 5.41) is 0. The molecule has 0 spiro atoms. The van der Waals surface area contributed by atoms with E-state index in [-0.39, 0.29) is 11.9 Å². The van der Waals surface area contributed by atoms with Crippen LogP contribution in [0.2, 0.25) is 0 Å². The fourth-order valence-electron chi connectivity index (χ4n) is 3.59. The highest BCUT2D eigenvalue weighted by Crippen LogP contribution is 2.32. The van der Waals surface area contributed by atoms with Crippen molar-refractivity contribution in [3.63, 3.8) is 0 Å². The number of fused-ring (bicyclic) bond motifs is 1. The third kappa shape index (κ3) is 4.84. The number of benzene rings is 1. The molecule has 0 fully saturated rings. The van der Waals surface area contributed by atoms with Crippen LogP contribution in [-0.2, 0) is 11.3 Å². The molecule has 0 saturated heterocycles. The van der Waals surface area contributed by atoms with Crippen LogP contribution in [0.25, 0.3) is 11.8 Å². The molecule has 0 radical (unpaired) electrons. The lowest BCUT2D eigenvalue weighted by atomic mass is 10.1. The fraction of sp³-hybridized carbons (Fsp3) is 0.440. The van der Waals surface area contributed by atoms with Crippen LogP contribution >= 0.6 is 0 Å². The van der Waals surface area contributed by atoms with Crippen molar-refractivity contribution in [3.8, 4) is 0 Å². The maximum Gasteiger partial charge on any atom is 0.358 e. The van der Waals surface area contributed by atoms with E-state index in [2.05, 4.69) is 67.2 Å². The van der Waals surface area contributed by atoms with Gasteiger partial charge < -0.3 is 14.2 Å². The molecule has 0 bridgehead atoms. The van der Waals surface area contributed by atoms with Gasteiger partial charge in [-0.25, -0.2) is 9.78 Å². The molecular weight excluding hydrogens is 374 g/mol. The van der Waals surface area contributed by atoms with E-state index in [1.165, 1.54) is 0 Å². The van der Waals surface area contributed by atoms with Gasteiger partial charge in [0.2, 0.25) is 0 Å². The quantitative estimate of drug-likeness (QED) is 0.539. The number of carbonyl (C=O) groups is 1. The topological polar surface area (TPSA) is 47.4 Å². The van der Waals surface area contributed by atoms with Crippen molar-refractivity contribution in [2.24, 2.45) is 0 Å². The zero-order valence-electron chi connectivity index (χ0n) is 19.2. The number of esters is 1. The van der Waals surface area contributed by atoms with Gasteiger partial charge in [0.1, 0.15) is 5.82 Å². The number of aromatic nitrogens is 2. The van der Waals surface area contributed by atoms with E-state index in [1.807, 2.05) is 26.8 Å². The van der Waals surface area contributed by atoms with Crippen LogP contribution in [0.15, 0.2) is 36.9 Å². The third-order valence-electron chi connectivity index (χ3n) is 4.90. The third-order valence-corrected chi connectivity index (χ3v) is 4.90. The van der Waals surface area contributed by atoms with Gasteiger partial charge in [0.15, 0.2) is 5.69 Å². The highest BCUT2D eigenvalue weighted by atomic mass is 16.5. The average Bonchev–Trinajstić information content (AvgIpc) is 3.16. The number of hydrogen-bond acceptors (Lipinski definition) is 4. The summed E-state index contributed by atoms with van der Waals surface area (Å²) >= 11 is 0. The summed E-state index contributed by atoms with van der Waals surface area (Å²) in [5.74, 6) is 0.776. The summed E-state index contributed by atoms with van der Waals surface area (Å²) in [6.07, 6.45) is 4.98. The Balaban J connectivity index is 0.00000155. The average molecular weight is 410 g/mol. The van der Waals surface area contributed by atoms with Crippen LogP contribution in [0.4, 0.5) is 5.69 Å². The Morgan fingerprint density at radius 3 is 2.40 bits per heavy atom. The normalized spacial score (nSPS) is 14.2. The molecule has 162 valence electrons. The van der Waals surface area contributed by atoms with E-state index < -0.39 is 0 Å². The summed E-state index contributed by atoms with van der Waals surface area (Å²) in [7, 11) is 0. The molecule has 0 unspecified atom stereocenters. The zero-order chi connectivity index (χ0) is 22.3. The highest BCUT2D eigenvalue weighted by Gasteiger charge is 2.31. The minimum atomic E-state index is -0.349. The van der Waals surface area contributed by atoms with E-state index in [0.717, 1.165) is 41.4 Å². The van der Waals surface area contributed by atoms with Crippen molar-refractivity contribution < 1.29 is 9.53 Å². The Morgan fingerprint density at radius 2 is 1.87 bits per heavy atom. The molecule has 1 aromatic carbocycles. The number of ether oxygens (including phenoxy) is 1. The molecule has 2 aromatic rings. The lowest BCUT2D eigenvalue weighted by Crippen LogP contribution is -2.34. The summed E-state index contributed by atoms with van der Waals surface area (Å²) < 4.78 is 7.47. The van der Waals surface area contributed by atoms with Crippen LogP contribution in [0.1, 0.15) is 81.5 Å². The first-order valence-electron chi connectivity index (χ1n) is 11.0. The predicted molar refractivity (Wildman–Crippen MR) is 126 cm³/mol. The van der Waals surface area contributed by atoms with Gasteiger partial charge in [0.05, 0.1) is 25.4 Å². The Morgan fingerprint density at radius 1 is 1.20 bits per heavy atom. The van der Waals surface area contributed by atoms with Gasteiger partial charge in [0.25, 0.3) is 0 Å². The SMILES string of the molecule is C=Cc1ccc(N2C/C(=C/CC)n3c(C(C)C)nc(C(=O)OCC)c3C2)cc1.CC. The smallest absolute Gasteiger partial charge is 0.358 e. The summed E-state index contributed by atoms with van der Waals surface area (Å²) in [6, 6.07) is 8.31. The second kappa shape index (κ2) is 10.8. The van der Waals surface area contributed by atoms with Crippen molar-refractivity contribution >= 4 is 23.4 Å². The largest absolute Gasteiger partial charge is 0.461 e. The lowest BCUT2D eigenvalue weighted by molar-refractivity contribution is 0.0518. The number of hydrogen-bond donors (Lipinski definition) is 0. The standard InChI is InChI=1S/C23H29N3O2.C2H6/c1-6-9-19-14-25(18-12-10-17(7-2)11-13-18)15-20-21(23(27)28-8-3)24-22(16(4)5)26(19)20;1-2/h7,9-13,16H,2,6,8,14-15H2,1,3-5H3;1-2H3/b19-9-;. The Labute approximate surface area is 181 Å². The van der Waals surface area contributed by atoms with Crippen molar-refractivity contribution in [1.29, 1.82) is 0 Å². The van der Waals surface area contributed by atoms with Crippen molar-refractivity contribution in [1.82, 2.24) is 9.55 Å². The van der Waals surface area contributed by atoms with Crippen LogP contribution in [0.5, 0.6) is 0 Å². The number of allylic oxidation sites excluding steroid dienone is 1. The van der Waals surface area contributed by atoms with Crippen LogP contribution in [0.3, 0.4) is 0 Å². The molecular formula is C25H35N3O2. The first kappa shape index (κ1) is 23.5. The Bertz CT molecular complexity index is 892. The van der Waals surface area contributed by atoms with Crippen LogP contribution < -0.4 is 4.90 Å². The molecule has 1 aliphatic rings. The molecule has 5 nitrogen and oxygen atoms in total. The number of nitrogens with zero attached hydrogens (tertiary/aromatic N) is 3. The van der Waals surface area contributed by atoms with Gasteiger partial charge in [-0.2, -0.15) is 0 Å². The molecule has 0 atom stereocenters. The minimum absolute atomic E-state index is 0.209. The molecule has 0 aliphatic carbocycles. The lowest BCUT2D eigenvalue weighted by Gasteiger charge is -2.33.